The third kappa shape index (κ3) is 5.45. The maximum Gasteiger partial charge on any atom is 0.194 e. The number of hydrogen-bond donors (Lipinski definition) is 1. The molecule has 2 saturated heterocycles. The van der Waals surface area contributed by atoms with Crippen molar-refractivity contribution in [3.05, 3.63) is 18.0 Å². The van der Waals surface area contributed by atoms with Gasteiger partial charge in [0.25, 0.3) is 0 Å². The van der Waals surface area contributed by atoms with Crippen LogP contribution in [0.5, 0.6) is 0 Å². The van der Waals surface area contributed by atoms with Gasteiger partial charge in [-0.15, -0.1) is 0 Å². The van der Waals surface area contributed by atoms with E-state index in [1.807, 2.05) is 24.1 Å². The van der Waals surface area contributed by atoms with Gasteiger partial charge < -0.3 is 19.9 Å². The molecule has 3 heterocycles. The number of guanidine groups is 1. The fourth-order valence-electron chi connectivity index (χ4n) is 3.73. The van der Waals surface area contributed by atoms with E-state index in [4.69, 9.17) is 9.73 Å². The number of aromatic nitrogens is 2. The van der Waals surface area contributed by atoms with Crippen LogP contribution >= 0.6 is 0 Å². The number of hydrogen-bond acceptors (Lipinski definition) is 4. The number of rotatable bonds is 5. The molecule has 2 aliphatic heterocycles. The van der Waals surface area contributed by atoms with Crippen LogP contribution in [0.15, 0.2) is 17.4 Å². The van der Waals surface area contributed by atoms with E-state index in [1.54, 1.807) is 0 Å². The average molecular weight is 363 g/mol. The monoisotopic (exact) mass is 362 g/mol. The molecule has 7 heteroatoms. The van der Waals surface area contributed by atoms with Crippen molar-refractivity contribution >= 4 is 5.96 Å². The molecule has 0 aromatic carbocycles. The van der Waals surface area contributed by atoms with Gasteiger partial charge in [0.1, 0.15) is 6.10 Å². The van der Waals surface area contributed by atoms with Gasteiger partial charge in [-0.1, -0.05) is 12.8 Å². The summed E-state index contributed by atoms with van der Waals surface area (Å²) < 4.78 is 7.79. The first kappa shape index (κ1) is 19.2. The first-order valence-electron chi connectivity index (χ1n) is 10.1. The molecule has 0 spiro atoms. The molecule has 0 amide bonds. The molecule has 2 fully saturated rings. The quantitative estimate of drug-likeness (QED) is 0.637. The van der Waals surface area contributed by atoms with Gasteiger partial charge in [0.15, 0.2) is 5.96 Å². The number of aliphatic imine (C=N–C) groups is 1. The summed E-state index contributed by atoms with van der Waals surface area (Å²) in [5.41, 5.74) is 1.14. The number of morpholine rings is 1. The molecular formula is C19H34N6O. The molecule has 0 radical (unpaired) electrons. The van der Waals surface area contributed by atoms with Crippen molar-refractivity contribution in [2.75, 3.05) is 52.4 Å². The zero-order valence-electron chi connectivity index (χ0n) is 16.4. The fraction of sp³-hybridized carbons (Fsp3) is 0.789. The normalized spacial score (nSPS) is 23.1. The highest BCUT2D eigenvalue weighted by Gasteiger charge is 2.25. The Morgan fingerprint density at radius 1 is 1.27 bits per heavy atom. The Balaban J connectivity index is 1.56. The smallest absolute Gasteiger partial charge is 0.194 e. The zero-order valence-corrected chi connectivity index (χ0v) is 16.4. The largest absolute Gasteiger partial charge is 0.370 e. The lowest BCUT2D eigenvalue weighted by molar-refractivity contribution is -0.00805. The molecule has 3 rings (SSSR count). The van der Waals surface area contributed by atoms with Gasteiger partial charge in [0, 0.05) is 38.4 Å². The second-order valence-corrected chi connectivity index (χ2v) is 7.24. The van der Waals surface area contributed by atoms with Crippen LogP contribution in [-0.4, -0.2) is 78.0 Å². The Kier molecular flexibility index (Phi) is 7.32. The van der Waals surface area contributed by atoms with E-state index < -0.39 is 0 Å². The lowest BCUT2D eigenvalue weighted by Gasteiger charge is -2.35. The molecule has 1 aromatic rings. The molecule has 1 N–H and O–H groups in total. The van der Waals surface area contributed by atoms with Crippen LogP contribution in [0.2, 0.25) is 0 Å². The molecule has 1 unspecified atom stereocenters. The predicted octanol–water partition coefficient (Wildman–Crippen LogP) is 1.63. The van der Waals surface area contributed by atoms with Crippen molar-refractivity contribution < 1.29 is 4.74 Å². The minimum Gasteiger partial charge on any atom is -0.370 e. The van der Waals surface area contributed by atoms with Crippen LogP contribution in [0.3, 0.4) is 0 Å². The van der Waals surface area contributed by atoms with Crippen molar-refractivity contribution in [3.8, 4) is 0 Å². The number of nitrogens with one attached hydrogen (secondary N) is 1. The highest BCUT2D eigenvalue weighted by atomic mass is 16.5. The Hall–Kier alpha value is -1.60. The summed E-state index contributed by atoms with van der Waals surface area (Å²) in [5.74, 6) is 1.01. The van der Waals surface area contributed by atoms with E-state index in [0.717, 1.165) is 50.9 Å². The summed E-state index contributed by atoms with van der Waals surface area (Å²) in [6, 6.07) is 0. The molecule has 7 nitrogen and oxygen atoms in total. The van der Waals surface area contributed by atoms with Crippen molar-refractivity contribution in [2.24, 2.45) is 12.0 Å². The van der Waals surface area contributed by atoms with E-state index in [0.29, 0.717) is 0 Å². The maximum absolute atomic E-state index is 5.96. The predicted molar refractivity (Wildman–Crippen MR) is 104 cm³/mol. The van der Waals surface area contributed by atoms with Crippen molar-refractivity contribution in [1.29, 1.82) is 0 Å². The van der Waals surface area contributed by atoms with Gasteiger partial charge >= 0.3 is 0 Å². The topological polar surface area (TPSA) is 57.9 Å². The summed E-state index contributed by atoms with van der Waals surface area (Å²) in [7, 11) is 1.94. The molecule has 0 bridgehead atoms. The minimum absolute atomic E-state index is 0.0620. The molecule has 2 aliphatic rings. The standard InChI is InChI=1S/C19H34N6O/c1-3-20-19(21-8-11-24-9-6-4-5-7-10-24)25-12-13-26-18(16-25)17-14-22-23(2)15-17/h14-15,18H,3-13,16H2,1-2H3,(H,20,21). The van der Waals surface area contributed by atoms with E-state index in [9.17, 15) is 0 Å². The Bertz CT molecular complexity index is 564. The summed E-state index contributed by atoms with van der Waals surface area (Å²) in [4.78, 5) is 9.80. The average Bonchev–Trinajstić information content (AvgIpc) is 2.93. The molecule has 1 atom stereocenters. The summed E-state index contributed by atoms with van der Waals surface area (Å²) in [6.07, 6.45) is 9.43. The van der Waals surface area contributed by atoms with Crippen LogP contribution < -0.4 is 5.32 Å². The van der Waals surface area contributed by atoms with E-state index in [-0.39, 0.29) is 6.10 Å². The molecule has 0 saturated carbocycles. The highest BCUT2D eigenvalue weighted by Crippen LogP contribution is 2.21. The second-order valence-electron chi connectivity index (χ2n) is 7.24. The summed E-state index contributed by atoms with van der Waals surface area (Å²) in [6.45, 7) is 9.81. The van der Waals surface area contributed by atoms with Crippen molar-refractivity contribution in [1.82, 2.24) is 24.9 Å². The Labute approximate surface area is 157 Å². The fourth-order valence-corrected chi connectivity index (χ4v) is 3.73. The van der Waals surface area contributed by atoms with Crippen molar-refractivity contribution in [2.45, 2.75) is 38.7 Å². The van der Waals surface area contributed by atoms with Gasteiger partial charge in [-0.25, -0.2) is 0 Å². The Morgan fingerprint density at radius 2 is 2.08 bits per heavy atom. The van der Waals surface area contributed by atoms with Crippen LogP contribution in [-0.2, 0) is 11.8 Å². The second kappa shape index (κ2) is 9.92. The number of ether oxygens (including phenoxy) is 1. The van der Waals surface area contributed by atoms with Crippen LogP contribution in [0.1, 0.15) is 44.3 Å². The van der Waals surface area contributed by atoms with E-state index >= 15 is 0 Å². The number of likely N-dealkylation sites (tertiary alicyclic amines) is 1. The highest BCUT2D eigenvalue weighted by molar-refractivity contribution is 5.80. The summed E-state index contributed by atoms with van der Waals surface area (Å²) >= 11 is 0. The van der Waals surface area contributed by atoms with Gasteiger partial charge in [-0.3, -0.25) is 9.67 Å². The van der Waals surface area contributed by atoms with E-state index in [2.05, 4.69) is 27.1 Å². The lowest BCUT2D eigenvalue weighted by Crippen LogP contribution is -2.48. The van der Waals surface area contributed by atoms with Gasteiger partial charge in [0.05, 0.1) is 25.9 Å². The lowest BCUT2D eigenvalue weighted by atomic mass is 10.1. The minimum atomic E-state index is 0.0620. The maximum atomic E-state index is 5.96. The molecule has 0 aliphatic carbocycles. The van der Waals surface area contributed by atoms with Gasteiger partial charge in [0.2, 0.25) is 0 Å². The molecule has 26 heavy (non-hydrogen) atoms. The first-order chi connectivity index (χ1) is 12.8. The third-order valence-corrected chi connectivity index (χ3v) is 5.17. The number of aryl methyl sites for hydroxylation is 1. The summed E-state index contributed by atoms with van der Waals surface area (Å²) in [5, 5.41) is 7.73. The van der Waals surface area contributed by atoms with Crippen LogP contribution in [0.25, 0.3) is 0 Å². The molecule has 1 aromatic heterocycles. The SMILES string of the molecule is CCNC(=NCCN1CCCCCC1)N1CCOC(c2cnn(C)c2)C1. The van der Waals surface area contributed by atoms with Crippen LogP contribution in [0.4, 0.5) is 0 Å². The zero-order chi connectivity index (χ0) is 18.2. The van der Waals surface area contributed by atoms with E-state index in [1.165, 1.54) is 38.8 Å². The van der Waals surface area contributed by atoms with Gasteiger partial charge in [-0.2, -0.15) is 5.10 Å². The Morgan fingerprint density at radius 3 is 2.77 bits per heavy atom. The number of nitrogens with zero attached hydrogens (tertiary/aromatic N) is 5. The molecular weight excluding hydrogens is 328 g/mol. The molecule has 146 valence electrons. The van der Waals surface area contributed by atoms with Crippen LogP contribution in [0, 0.1) is 0 Å². The first-order valence-corrected chi connectivity index (χ1v) is 10.1. The van der Waals surface area contributed by atoms with Crippen molar-refractivity contribution in [3.63, 3.8) is 0 Å². The van der Waals surface area contributed by atoms with Gasteiger partial charge in [-0.05, 0) is 32.9 Å². The third-order valence-electron chi connectivity index (χ3n) is 5.17.